The van der Waals surface area contributed by atoms with Crippen LogP contribution in [0.3, 0.4) is 0 Å². The second kappa shape index (κ2) is 8.30. The predicted molar refractivity (Wildman–Crippen MR) is 71.3 cm³/mol. The molecule has 0 amide bonds. The van der Waals surface area contributed by atoms with E-state index in [0.29, 0.717) is 12.2 Å². The van der Waals surface area contributed by atoms with Crippen molar-refractivity contribution in [1.82, 2.24) is 5.16 Å². The normalized spacial score (nSPS) is 22.2. The van der Waals surface area contributed by atoms with E-state index >= 15 is 0 Å². The molecule has 0 bridgehead atoms. The lowest BCUT2D eigenvalue weighted by Crippen LogP contribution is -2.25. The van der Waals surface area contributed by atoms with Crippen molar-refractivity contribution < 1.29 is 9.26 Å². The molecule has 2 fully saturated rings. The van der Waals surface area contributed by atoms with E-state index in [1.807, 2.05) is 0 Å². The third kappa shape index (κ3) is 5.21. The zero-order valence-corrected chi connectivity index (χ0v) is 11.2. The van der Waals surface area contributed by atoms with Crippen molar-refractivity contribution in [3.63, 3.8) is 0 Å². The third-order valence-electron chi connectivity index (χ3n) is 3.84. The molecule has 0 aliphatic heterocycles. The highest BCUT2D eigenvalue weighted by Gasteiger charge is 2.20. The maximum absolute atomic E-state index is 6.13. The first kappa shape index (κ1) is 13.6. The molecule has 3 nitrogen and oxygen atoms in total. The van der Waals surface area contributed by atoms with Crippen molar-refractivity contribution in [2.45, 2.75) is 76.4 Å². The minimum Gasteiger partial charge on any atom is -0.375 e. The number of hydrogen-bond donors (Lipinski definition) is 0. The molecule has 0 unspecified atom stereocenters. The van der Waals surface area contributed by atoms with Gasteiger partial charge in [0.1, 0.15) is 6.26 Å². The van der Waals surface area contributed by atoms with Crippen molar-refractivity contribution in [3.05, 3.63) is 18.5 Å². The Kier molecular flexibility index (Phi) is 6.27. The van der Waals surface area contributed by atoms with Crippen molar-refractivity contribution in [1.29, 1.82) is 0 Å². The molecular formula is C15H25NO2. The highest BCUT2D eigenvalue weighted by atomic mass is 16.5. The molecule has 2 aliphatic carbocycles. The molecule has 0 atom stereocenters. The summed E-state index contributed by atoms with van der Waals surface area (Å²) in [4.78, 5) is 0. The van der Waals surface area contributed by atoms with E-state index in [2.05, 4.69) is 9.68 Å². The predicted octanol–water partition coefficient (Wildman–Crippen LogP) is 4.34. The smallest absolute Gasteiger partial charge is 0.123 e. The molecule has 2 saturated carbocycles. The summed E-state index contributed by atoms with van der Waals surface area (Å²) in [6.07, 6.45) is 18.1. The van der Waals surface area contributed by atoms with Gasteiger partial charge in [0.2, 0.25) is 0 Å². The maximum atomic E-state index is 6.13. The Morgan fingerprint density at radius 1 is 0.833 bits per heavy atom. The Labute approximate surface area is 110 Å². The summed E-state index contributed by atoms with van der Waals surface area (Å²) in [5.74, 6) is 0. The highest BCUT2D eigenvalue weighted by Crippen LogP contribution is 2.26. The Morgan fingerprint density at radius 2 is 1.39 bits per heavy atom. The van der Waals surface area contributed by atoms with Crippen LogP contribution in [0.15, 0.2) is 23.0 Å². The molecule has 3 rings (SSSR count). The summed E-state index contributed by atoms with van der Waals surface area (Å²) < 4.78 is 10.5. The van der Waals surface area contributed by atoms with Crippen molar-refractivity contribution >= 4 is 0 Å². The van der Waals surface area contributed by atoms with Crippen LogP contribution < -0.4 is 0 Å². The number of nitrogens with zero attached hydrogens (tertiary/aromatic N) is 1. The van der Waals surface area contributed by atoms with Crippen molar-refractivity contribution in [2.75, 3.05) is 0 Å². The Balaban J connectivity index is 0.000000202. The fourth-order valence-corrected chi connectivity index (χ4v) is 2.85. The van der Waals surface area contributed by atoms with Gasteiger partial charge in [-0.15, -0.1) is 0 Å². The standard InChI is InChI=1S/C12H22O.C3H3NO/c1-3-7-11(8-4-1)13-12-9-5-2-6-10-12;1-2-4-5-3-1/h11-12H,1-10H2;1-3H. The van der Waals surface area contributed by atoms with Gasteiger partial charge in [-0.1, -0.05) is 43.7 Å². The monoisotopic (exact) mass is 251 g/mol. The van der Waals surface area contributed by atoms with E-state index in [9.17, 15) is 0 Å². The van der Waals surface area contributed by atoms with Crippen LogP contribution >= 0.6 is 0 Å². The summed E-state index contributed by atoms with van der Waals surface area (Å²) in [6, 6.07) is 1.72. The fraction of sp³-hybridized carbons (Fsp3) is 0.800. The van der Waals surface area contributed by atoms with Gasteiger partial charge in [0.05, 0.1) is 18.4 Å². The minimum absolute atomic E-state index is 0.622. The molecule has 102 valence electrons. The van der Waals surface area contributed by atoms with Gasteiger partial charge in [0.25, 0.3) is 0 Å². The number of ether oxygens (including phenoxy) is 1. The van der Waals surface area contributed by atoms with E-state index in [-0.39, 0.29) is 0 Å². The third-order valence-corrected chi connectivity index (χ3v) is 3.84. The van der Waals surface area contributed by atoms with Crippen LogP contribution in [0.2, 0.25) is 0 Å². The van der Waals surface area contributed by atoms with Crippen LogP contribution in [-0.2, 0) is 4.74 Å². The molecule has 0 spiro atoms. The fourth-order valence-electron chi connectivity index (χ4n) is 2.85. The average molecular weight is 251 g/mol. The van der Waals surface area contributed by atoms with Gasteiger partial charge in [-0.2, -0.15) is 0 Å². The highest BCUT2D eigenvalue weighted by molar-refractivity contribution is 4.71. The lowest BCUT2D eigenvalue weighted by Gasteiger charge is -2.29. The molecule has 3 heteroatoms. The maximum Gasteiger partial charge on any atom is 0.123 e. The van der Waals surface area contributed by atoms with Crippen LogP contribution in [0.1, 0.15) is 64.2 Å². The van der Waals surface area contributed by atoms with Crippen LogP contribution in [0.25, 0.3) is 0 Å². The van der Waals surface area contributed by atoms with E-state index < -0.39 is 0 Å². The van der Waals surface area contributed by atoms with E-state index in [0.717, 1.165) is 0 Å². The minimum atomic E-state index is 0.622. The molecule has 18 heavy (non-hydrogen) atoms. The second-order valence-electron chi connectivity index (χ2n) is 5.34. The number of rotatable bonds is 2. The van der Waals surface area contributed by atoms with Crippen LogP contribution in [0.4, 0.5) is 0 Å². The molecule has 1 aromatic heterocycles. The Hall–Kier alpha value is -0.830. The molecule has 1 aromatic rings. The zero-order valence-electron chi connectivity index (χ0n) is 11.2. The Bertz CT molecular complexity index is 241. The van der Waals surface area contributed by atoms with Gasteiger partial charge in [-0.25, -0.2) is 0 Å². The van der Waals surface area contributed by atoms with Gasteiger partial charge >= 0.3 is 0 Å². The van der Waals surface area contributed by atoms with Gasteiger partial charge in [0, 0.05) is 0 Å². The van der Waals surface area contributed by atoms with Crippen LogP contribution in [0.5, 0.6) is 0 Å². The molecule has 0 aromatic carbocycles. The van der Waals surface area contributed by atoms with Gasteiger partial charge in [0.15, 0.2) is 0 Å². The van der Waals surface area contributed by atoms with Gasteiger partial charge in [-0.3, -0.25) is 0 Å². The van der Waals surface area contributed by atoms with Crippen LogP contribution in [-0.4, -0.2) is 17.4 Å². The molecule has 0 N–H and O–H groups in total. The summed E-state index contributed by atoms with van der Waals surface area (Å²) in [6.45, 7) is 0. The van der Waals surface area contributed by atoms with E-state index in [4.69, 9.17) is 4.74 Å². The molecule has 0 saturated heterocycles. The molecule has 0 radical (unpaired) electrons. The van der Waals surface area contributed by atoms with Gasteiger partial charge in [-0.05, 0) is 31.7 Å². The first-order valence-electron chi connectivity index (χ1n) is 7.45. The molecule has 2 aliphatic rings. The quantitative estimate of drug-likeness (QED) is 0.784. The number of aromatic nitrogens is 1. The molecule has 1 heterocycles. The zero-order chi connectivity index (χ0) is 12.5. The lowest BCUT2D eigenvalue weighted by atomic mass is 9.95. The summed E-state index contributed by atoms with van der Waals surface area (Å²) in [5, 5.41) is 3.35. The summed E-state index contributed by atoms with van der Waals surface area (Å²) >= 11 is 0. The lowest BCUT2D eigenvalue weighted by molar-refractivity contribution is -0.0450. The largest absolute Gasteiger partial charge is 0.375 e. The van der Waals surface area contributed by atoms with E-state index in [1.54, 1.807) is 12.3 Å². The Morgan fingerprint density at radius 3 is 1.72 bits per heavy atom. The van der Waals surface area contributed by atoms with Gasteiger partial charge < -0.3 is 9.26 Å². The summed E-state index contributed by atoms with van der Waals surface area (Å²) in [7, 11) is 0. The number of hydrogen-bond acceptors (Lipinski definition) is 3. The van der Waals surface area contributed by atoms with Crippen molar-refractivity contribution in [3.8, 4) is 0 Å². The second-order valence-corrected chi connectivity index (χ2v) is 5.34. The van der Waals surface area contributed by atoms with Crippen LogP contribution in [0, 0.1) is 0 Å². The first-order valence-corrected chi connectivity index (χ1v) is 7.45. The van der Waals surface area contributed by atoms with E-state index in [1.165, 1.54) is 70.5 Å². The summed E-state index contributed by atoms with van der Waals surface area (Å²) in [5.41, 5.74) is 0. The molecular weight excluding hydrogens is 226 g/mol. The SMILES string of the molecule is C1CCC(OC2CCCCC2)CC1.c1cnoc1. The average Bonchev–Trinajstić information content (AvgIpc) is 3.00. The van der Waals surface area contributed by atoms with Crippen molar-refractivity contribution in [2.24, 2.45) is 0 Å². The topological polar surface area (TPSA) is 35.3 Å². The first-order chi connectivity index (χ1) is 8.95.